The zero-order chi connectivity index (χ0) is 13.3. The predicted octanol–water partition coefficient (Wildman–Crippen LogP) is 1.46. The van der Waals surface area contributed by atoms with Gasteiger partial charge in [0.1, 0.15) is 5.56 Å². The number of rotatable bonds is 4. The minimum Gasteiger partial charge on any atom is -0.396 e. The molecule has 1 aliphatic carbocycles. The minimum atomic E-state index is -0.902. The number of hydrogen-bond acceptors (Lipinski definition) is 4. The highest BCUT2D eigenvalue weighted by atomic mass is 19.1. The van der Waals surface area contributed by atoms with Gasteiger partial charge in [0.2, 0.25) is 0 Å². The molecule has 0 bridgehead atoms. The smallest absolute Gasteiger partial charge is 0.285 e. The largest absolute Gasteiger partial charge is 0.396 e. The highest BCUT2D eigenvalue weighted by Crippen LogP contribution is 2.28. The number of nitrogens with zero attached hydrogens (tertiary/aromatic N) is 1. The Labute approximate surface area is 102 Å². The molecule has 1 aromatic carbocycles. The minimum absolute atomic E-state index is 0.209. The second kappa shape index (κ2) is 4.59. The summed E-state index contributed by atoms with van der Waals surface area (Å²) in [6, 6.07) is 1.66. The van der Waals surface area contributed by atoms with E-state index < -0.39 is 22.3 Å². The number of amides is 1. The number of benzene rings is 1. The van der Waals surface area contributed by atoms with Crippen molar-refractivity contribution in [3.8, 4) is 0 Å². The van der Waals surface area contributed by atoms with Gasteiger partial charge in [-0.1, -0.05) is 0 Å². The molecule has 3 N–H and O–H groups in total. The predicted molar refractivity (Wildman–Crippen MR) is 62.5 cm³/mol. The van der Waals surface area contributed by atoms with Gasteiger partial charge < -0.3 is 11.1 Å². The van der Waals surface area contributed by atoms with Crippen molar-refractivity contribution in [1.29, 1.82) is 0 Å². The number of nitro benzene ring substituents is 1. The zero-order valence-electron chi connectivity index (χ0n) is 9.48. The van der Waals surface area contributed by atoms with Crippen molar-refractivity contribution in [2.24, 2.45) is 5.92 Å². The molecule has 6 nitrogen and oxygen atoms in total. The summed E-state index contributed by atoms with van der Waals surface area (Å²) in [5, 5.41) is 13.3. The molecule has 7 heteroatoms. The van der Waals surface area contributed by atoms with E-state index in [9.17, 15) is 19.3 Å². The molecule has 0 radical (unpaired) electrons. The molecule has 1 amide bonds. The van der Waals surface area contributed by atoms with E-state index >= 15 is 0 Å². The summed E-state index contributed by atoms with van der Waals surface area (Å²) < 4.78 is 13.1. The van der Waals surface area contributed by atoms with Crippen LogP contribution in [0, 0.1) is 21.8 Å². The van der Waals surface area contributed by atoms with Crippen LogP contribution in [-0.4, -0.2) is 17.4 Å². The van der Waals surface area contributed by atoms with Crippen LogP contribution in [0.2, 0.25) is 0 Å². The van der Waals surface area contributed by atoms with Crippen molar-refractivity contribution >= 4 is 17.3 Å². The van der Waals surface area contributed by atoms with Gasteiger partial charge in [-0.15, -0.1) is 0 Å². The number of anilines is 1. The lowest BCUT2D eigenvalue weighted by Crippen LogP contribution is -2.26. The first kappa shape index (κ1) is 12.3. The Kier molecular flexibility index (Phi) is 3.14. The maximum absolute atomic E-state index is 13.1. The van der Waals surface area contributed by atoms with E-state index in [0.717, 1.165) is 18.9 Å². The molecule has 0 saturated heterocycles. The fourth-order valence-corrected chi connectivity index (χ4v) is 1.57. The lowest BCUT2D eigenvalue weighted by molar-refractivity contribution is -0.385. The van der Waals surface area contributed by atoms with Crippen LogP contribution >= 0.6 is 0 Å². The number of nitrogens with one attached hydrogen (secondary N) is 1. The number of carbonyl (C=O) groups excluding carboxylic acids is 1. The number of nitro groups is 1. The van der Waals surface area contributed by atoms with Gasteiger partial charge in [0.15, 0.2) is 5.82 Å². The van der Waals surface area contributed by atoms with E-state index in [1.165, 1.54) is 0 Å². The third kappa shape index (κ3) is 2.55. The maximum atomic E-state index is 13.1. The Bertz CT molecular complexity index is 515. The standard InChI is InChI=1S/C11H12FN3O3/c12-8-4-10(15(17)18)7(3-9(8)13)11(16)14-5-6-1-2-6/h3-4,6H,1-2,5,13H2,(H,14,16). The van der Waals surface area contributed by atoms with Crippen LogP contribution in [0.1, 0.15) is 23.2 Å². The molecular weight excluding hydrogens is 241 g/mol. The second-order valence-electron chi connectivity index (χ2n) is 4.30. The molecule has 0 unspecified atom stereocenters. The van der Waals surface area contributed by atoms with Gasteiger partial charge in [0.05, 0.1) is 16.7 Å². The van der Waals surface area contributed by atoms with E-state index in [4.69, 9.17) is 5.73 Å². The molecule has 1 saturated carbocycles. The number of nitrogen functional groups attached to an aromatic ring is 1. The summed E-state index contributed by atoms with van der Waals surface area (Å²) in [6.45, 7) is 0.479. The molecule has 1 fully saturated rings. The quantitative estimate of drug-likeness (QED) is 0.482. The van der Waals surface area contributed by atoms with Crippen molar-refractivity contribution in [3.05, 3.63) is 33.6 Å². The molecule has 2 rings (SSSR count). The van der Waals surface area contributed by atoms with Crippen LogP contribution in [0.25, 0.3) is 0 Å². The fourth-order valence-electron chi connectivity index (χ4n) is 1.57. The zero-order valence-corrected chi connectivity index (χ0v) is 9.48. The normalized spacial score (nSPS) is 14.3. The van der Waals surface area contributed by atoms with Gasteiger partial charge >= 0.3 is 0 Å². The SMILES string of the molecule is Nc1cc(C(=O)NCC2CC2)c([N+](=O)[O-])cc1F. The Morgan fingerprint density at radius 3 is 2.78 bits per heavy atom. The summed E-state index contributed by atoms with van der Waals surface area (Å²) in [7, 11) is 0. The number of nitrogens with two attached hydrogens (primary N) is 1. The summed E-state index contributed by atoms with van der Waals surface area (Å²) in [6.07, 6.45) is 2.10. The van der Waals surface area contributed by atoms with Gasteiger partial charge in [0, 0.05) is 6.54 Å². The summed E-state index contributed by atoms with van der Waals surface area (Å²) >= 11 is 0. The Morgan fingerprint density at radius 2 is 2.22 bits per heavy atom. The number of hydrogen-bond donors (Lipinski definition) is 2. The first-order valence-electron chi connectivity index (χ1n) is 5.50. The second-order valence-corrected chi connectivity index (χ2v) is 4.30. The van der Waals surface area contributed by atoms with Gasteiger partial charge in [-0.3, -0.25) is 14.9 Å². The molecule has 0 spiro atoms. The summed E-state index contributed by atoms with van der Waals surface area (Å²) in [4.78, 5) is 21.7. The molecule has 0 atom stereocenters. The molecule has 0 heterocycles. The van der Waals surface area contributed by atoms with Crippen LogP contribution in [0.3, 0.4) is 0 Å². The molecule has 18 heavy (non-hydrogen) atoms. The maximum Gasteiger partial charge on any atom is 0.285 e. The molecule has 0 aliphatic heterocycles. The molecular formula is C11H12FN3O3. The van der Waals surface area contributed by atoms with E-state index in [1.54, 1.807) is 0 Å². The highest BCUT2D eigenvalue weighted by Gasteiger charge is 2.26. The fraction of sp³-hybridized carbons (Fsp3) is 0.364. The third-order valence-corrected chi connectivity index (χ3v) is 2.80. The average Bonchev–Trinajstić information content (AvgIpc) is 3.12. The van der Waals surface area contributed by atoms with Crippen LogP contribution in [0.4, 0.5) is 15.8 Å². The van der Waals surface area contributed by atoms with E-state index in [-0.39, 0.29) is 11.3 Å². The number of halogens is 1. The Morgan fingerprint density at radius 1 is 1.56 bits per heavy atom. The monoisotopic (exact) mass is 253 g/mol. The van der Waals surface area contributed by atoms with Gasteiger partial charge in [-0.2, -0.15) is 0 Å². The topological polar surface area (TPSA) is 98.3 Å². The number of carbonyl (C=O) groups is 1. The Hall–Kier alpha value is -2.18. The van der Waals surface area contributed by atoms with Crippen molar-refractivity contribution < 1.29 is 14.1 Å². The van der Waals surface area contributed by atoms with Gasteiger partial charge in [-0.05, 0) is 24.8 Å². The van der Waals surface area contributed by atoms with Crippen LogP contribution < -0.4 is 11.1 Å². The lowest BCUT2D eigenvalue weighted by Gasteiger charge is -2.06. The third-order valence-electron chi connectivity index (χ3n) is 2.80. The van der Waals surface area contributed by atoms with Crippen molar-refractivity contribution in [2.75, 3.05) is 12.3 Å². The van der Waals surface area contributed by atoms with E-state index in [1.807, 2.05) is 0 Å². The molecule has 1 aromatic rings. The molecule has 1 aliphatic rings. The van der Waals surface area contributed by atoms with E-state index in [2.05, 4.69) is 5.32 Å². The van der Waals surface area contributed by atoms with Crippen LogP contribution in [0.15, 0.2) is 12.1 Å². The average molecular weight is 253 g/mol. The highest BCUT2D eigenvalue weighted by molar-refractivity contribution is 5.99. The lowest BCUT2D eigenvalue weighted by atomic mass is 10.1. The van der Waals surface area contributed by atoms with Gasteiger partial charge in [-0.25, -0.2) is 4.39 Å². The van der Waals surface area contributed by atoms with Crippen molar-refractivity contribution in [1.82, 2.24) is 5.32 Å². The van der Waals surface area contributed by atoms with Crippen LogP contribution in [0.5, 0.6) is 0 Å². The first-order chi connectivity index (χ1) is 8.49. The van der Waals surface area contributed by atoms with Crippen molar-refractivity contribution in [2.45, 2.75) is 12.8 Å². The van der Waals surface area contributed by atoms with Gasteiger partial charge in [0.25, 0.3) is 11.6 Å². The summed E-state index contributed by atoms with van der Waals surface area (Å²) in [5.41, 5.74) is 4.25. The Balaban J connectivity index is 2.25. The molecule has 0 aromatic heterocycles. The molecule has 96 valence electrons. The van der Waals surface area contributed by atoms with Crippen molar-refractivity contribution in [3.63, 3.8) is 0 Å². The van der Waals surface area contributed by atoms with Crippen LogP contribution in [-0.2, 0) is 0 Å². The summed E-state index contributed by atoms with van der Waals surface area (Å²) in [5.74, 6) is -1.05. The van der Waals surface area contributed by atoms with E-state index in [0.29, 0.717) is 18.5 Å². The first-order valence-corrected chi connectivity index (χ1v) is 5.50.